The molecule has 1 aromatic rings. The van der Waals surface area contributed by atoms with Crippen molar-refractivity contribution in [1.82, 2.24) is 0 Å². The highest BCUT2D eigenvalue weighted by molar-refractivity contribution is 7.85. The van der Waals surface area contributed by atoms with Gasteiger partial charge in [0.15, 0.2) is 0 Å². The lowest BCUT2D eigenvalue weighted by molar-refractivity contribution is 0.480. The summed E-state index contributed by atoms with van der Waals surface area (Å²) in [5.74, 6) is -2.96. The Balaban J connectivity index is 3.27. The summed E-state index contributed by atoms with van der Waals surface area (Å²) >= 11 is 5.31. The van der Waals surface area contributed by atoms with Gasteiger partial charge in [-0.3, -0.25) is 4.55 Å². The zero-order valence-corrected chi connectivity index (χ0v) is 8.24. The molecule has 78 valence electrons. The molecule has 0 aliphatic heterocycles. The van der Waals surface area contributed by atoms with Crippen molar-refractivity contribution >= 4 is 21.7 Å². The molecule has 0 atom stereocenters. The fourth-order valence-electron chi connectivity index (χ4n) is 0.884. The van der Waals surface area contributed by atoms with E-state index >= 15 is 0 Å². The van der Waals surface area contributed by atoms with Crippen LogP contribution in [0.15, 0.2) is 12.1 Å². The van der Waals surface area contributed by atoms with Gasteiger partial charge >= 0.3 is 0 Å². The van der Waals surface area contributed by atoms with Crippen molar-refractivity contribution in [2.45, 2.75) is 5.75 Å². The SMILES string of the molecule is O=S(=O)(O)Cc1c(F)ccc(F)c1Cl. The number of hydrogen-bond acceptors (Lipinski definition) is 2. The van der Waals surface area contributed by atoms with E-state index in [4.69, 9.17) is 16.2 Å². The van der Waals surface area contributed by atoms with Crippen molar-refractivity contribution in [1.29, 1.82) is 0 Å². The van der Waals surface area contributed by atoms with Crippen LogP contribution in [0, 0.1) is 11.6 Å². The van der Waals surface area contributed by atoms with Gasteiger partial charge in [0.1, 0.15) is 17.4 Å². The number of benzene rings is 1. The van der Waals surface area contributed by atoms with E-state index < -0.39 is 38.1 Å². The fourth-order valence-corrected chi connectivity index (χ4v) is 1.83. The molecule has 0 amide bonds. The number of rotatable bonds is 2. The first kappa shape index (κ1) is 11.4. The summed E-state index contributed by atoms with van der Waals surface area (Å²) in [5, 5.41) is -0.636. The van der Waals surface area contributed by atoms with E-state index in [-0.39, 0.29) is 0 Å². The Hall–Kier alpha value is -0.720. The minimum atomic E-state index is -4.43. The molecule has 0 radical (unpaired) electrons. The standard InChI is InChI=1S/C7H5ClF2O3S/c8-7-4(3-14(11,12)13)5(9)1-2-6(7)10/h1-2H,3H2,(H,11,12,13). The van der Waals surface area contributed by atoms with E-state index in [1.165, 1.54) is 0 Å². The van der Waals surface area contributed by atoms with Gasteiger partial charge in [-0.25, -0.2) is 8.78 Å². The van der Waals surface area contributed by atoms with Crippen LogP contribution in [0.1, 0.15) is 5.56 Å². The zero-order valence-electron chi connectivity index (χ0n) is 6.67. The molecule has 0 heterocycles. The molecular weight excluding hydrogens is 238 g/mol. The quantitative estimate of drug-likeness (QED) is 0.638. The fraction of sp³-hybridized carbons (Fsp3) is 0.143. The van der Waals surface area contributed by atoms with Crippen LogP contribution >= 0.6 is 11.6 Å². The molecule has 0 saturated heterocycles. The van der Waals surface area contributed by atoms with Crippen molar-refractivity contribution in [3.63, 3.8) is 0 Å². The summed E-state index contributed by atoms with van der Waals surface area (Å²) in [5.41, 5.74) is -0.575. The normalized spacial score (nSPS) is 11.7. The Kier molecular flexibility index (Phi) is 3.08. The molecular formula is C7H5ClF2O3S. The van der Waals surface area contributed by atoms with E-state index in [1.54, 1.807) is 0 Å². The smallest absolute Gasteiger partial charge is 0.269 e. The average Bonchev–Trinajstić information content (AvgIpc) is 2.04. The monoisotopic (exact) mass is 242 g/mol. The van der Waals surface area contributed by atoms with Crippen LogP contribution < -0.4 is 0 Å². The van der Waals surface area contributed by atoms with Crippen LogP contribution in [0.3, 0.4) is 0 Å². The molecule has 0 fully saturated rings. The minimum Gasteiger partial charge on any atom is -0.285 e. The van der Waals surface area contributed by atoms with Crippen molar-refractivity contribution in [2.24, 2.45) is 0 Å². The van der Waals surface area contributed by atoms with Crippen LogP contribution in [0.4, 0.5) is 8.78 Å². The first-order valence-electron chi connectivity index (χ1n) is 3.39. The largest absolute Gasteiger partial charge is 0.285 e. The van der Waals surface area contributed by atoms with Gasteiger partial charge in [0.25, 0.3) is 10.1 Å². The maximum atomic E-state index is 12.9. The van der Waals surface area contributed by atoms with Gasteiger partial charge in [-0.05, 0) is 12.1 Å². The average molecular weight is 243 g/mol. The molecule has 1 rings (SSSR count). The maximum absolute atomic E-state index is 12.9. The second-order valence-corrected chi connectivity index (χ2v) is 4.38. The molecule has 0 aliphatic carbocycles. The Morgan fingerprint density at radius 3 is 2.29 bits per heavy atom. The molecule has 0 aliphatic rings. The first-order chi connectivity index (χ1) is 6.31. The van der Waals surface area contributed by atoms with Gasteiger partial charge in [-0.2, -0.15) is 8.42 Å². The molecule has 1 N–H and O–H groups in total. The van der Waals surface area contributed by atoms with Gasteiger partial charge in [0, 0.05) is 5.56 Å². The molecule has 3 nitrogen and oxygen atoms in total. The second-order valence-electron chi connectivity index (χ2n) is 2.55. The van der Waals surface area contributed by atoms with Crippen LogP contribution in [0.5, 0.6) is 0 Å². The molecule has 0 saturated carbocycles. The summed E-state index contributed by atoms with van der Waals surface area (Å²) < 4.78 is 55.0. The highest BCUT2D eigenvalue weighted by Crippen LogP contribution is 2.24. The topological polar surface area (TPSA) is 54.4 Å². The van der Waals surface area contributed by atoms with Gasteiger partial charge in [0.2, 0.25) is 0 Å². The van der Waals surface area contributed by atoms with E-state index in [0.29, 0.717) is 0 Å². The van der Waals surface area contributed by atoms with Gasteiger partial charge in [-0.15, -0.1) is 0 Å². The van der Waals surface area contributed by atoms with E-state index in [2.05, 4.69) is 0 Å². The summed E-state index contributed by atoms with van der Waals surface area (Å²) in [7, 11) is -4.43. The van der Waals surface area contributed by atoms with Crippen LogP contribution in [0.25, 0.3) is 0 Å². The Morgan fingerprint density at radius 2 is 1.79 bits per heavy atom. The number of hydrogen-bond donors (Lipinski definition) is 1. The molecule has 0 unspecified atom stereocenters. The molecule has 0 spiro atoms. The third-order valence-corrected chi connectivity index (χ3v) is 2.53. The van der Waals surface area contributed by atoms with Gasteiger partial charge in [-0.1, -0.05) is 11.6 Å². The summed E-state index contributed by atoms with van der Waals surface area (Å²) in [6.45, 7) is 0. The molecule has 14 heavy (non-hydrogen) atoms. The zero-order chi connectivity index (χ0) is 10.9. The van der Waals surface area contributed by atoms with Crippen molar-refractivity contribution in [3.05, 3.63) is 34.4 Å². The molecule has 1 aromatic carbocycles. The lowest BCUT2D eigenvalue weighted by Crippen LogP contribution is -2.05. The molecule has 0 aromatic heterocycles. The Morgan fingerprint density at radius 1 is 1.29 bits per heavy atom. The Labute approximate surface area is 84.1 Å². The van der Waals surface area contributed by atoms with E-state index in [9.17, 15) is 17.2 Å². The van der Waals surface area contributed by atoms with Crippen molar-refractivity contribution in [3.8, 4) is 0 Å². The molecule has 0 bridgehead atoms. The van der Waals surface area contributed by atoms with Crippen molar-refractivity contribution < 1.29 is 21.8 Å². The van der Waals surface area contributed by atoms with Gasteiger partial charge in [0.05, 0.1) is 5.02 Å². The van der Waals surface area contributed by atoms with Crippen molar-refractivity contribution in [2.75, 3.05) is 0 Å². The van der Waals surface area contributed by atoms with Crippen LogP contribution in [-0.4, -0.2) is 13.0 Å². The van der Waals surface area contributed by atoms with E-state index in [0.717, 1.165) is 12.1 Å². The maximum Gasteiger partial charge on any atom is 0.269 e. The number of halogens is 3. The third kappa shape index (κ3) is 2.63. The minimum absolute atomic E-state index is 0.575. The Bertz CT molecular complexity index is 458. The third-order valence-electron chi connectivity index (χ3n) is 1.47. The predicted molar refractivity (Wildman–Crippen MR) is 46.6 cm³/mol. The lowest BCUT2D eigenvalue weighted by atomic mass is 10.2. The molecule has 7 heteroatoms. The highest BCUT2D eigenvalue weighted by Gasteiger charge is 2.17. The summed E-state index contributed by atoms with van der Waals surface area (Å²) in [6, 6.07) is 1.51. The van der Waals surface area contributed by atoms with E-state index in [1.807, 2.05) is 0 Å². The predicted octanol–water partition coefficient (Wildman–Crippen LogP) is 2.01. The highest BCUT2D eigenvalue weighted by atomic mass is 35.5. The van der Waals surface area contributed by atoms with Crippen LogP contribution in [-0.2, 0) is 15.9 Å². The van der Waals surface area contributed by atoms with Crippen LogP contribution in [0.2, 0.25) is 5.02 Å². The summed E-state index contributed by atoms with van der Waals surface area (Å²) in [6.07, 6.45) is 0. The second kappa shape index (κ2) is 3.80. The lowest BCUT2D eigenvalue weighted by Gasteiger charge is -2.04. The first-order valence-corrected chi connectivity index (χ1v) is 5.37. The van der Waals surface area contributed by atoms with Gasteiger partial charge < -0.3 is 0 Å². The summed E-state index contributed by atoms with van der Waals surface area (Å²) in [4.78, 5) is 0.